The Morgan fingerprint density at radius 1 is 1.33 bits per heavy atom. The Balaban J connectivity index is 2.02. The van der Waals surface area contributed by atoms with Gasteiger partial charge < -0.3 is 10.1 Å². The molecular formula is C13H12ClNO4S2. The van der Waals surface area contributed by atoms with Gasteiger partial charge in [-0.2, -0.15) is 0 Å². The van der Waals surface area contributed by atoms with E-state index in [2.05, 4.69) is 5.32 Å². The minimum atomic E-state index is -3.72. The number of carbonyl (C=O) groups is 1. The van der Waals surface area contributed by atoms with Crippen LogP contribution in [0.4, 0.5) is 0 Å². The van der Waals surface area contributed by atoms with Crippen molar-refractivity contribution in [2.45, 2.75) is 10.8 Å². The van der Waals surface area contributed by atoms with Crippen LogP contribution in [-0.2, 0) is 15.6 Å². The van der Waals surface area contributed by atoms with Crippen molar-refractivity contribution >= 4 is 37.0 Å². The molecule has 0 saturated carbocycles. The average molecular weight is 346 g/mol. The van der Waals surface area contributed by atoms with Crippen molar-refractivity contribution in [1.29, 1.82) is 0 Å². The number of methoxy groups -OCH3 is 1. The van der Waals surface area contributed by atoms with E-state index in [1.807, 2.05) is 0 Å². The molecule has 1 amide bonds. The van der Waals surface area contributed by atoms with Crippen LogP contribution in [0.2, 0.25) is 0 Å². The molecule has 0 spiro atoms. The van der Waals surface area contributed by atoms with Gasteiger partial charge in [-0.1, -0.05) is 6.07 Å². The van der Waals surface area contributed by atoms with E-state index in [0.29, 0.717) is 16.2 Å². The second kappa shape index (κ2) is 6.46. The highest BCUT2D eigenvalue weighted by Crippen LogP contribution is 2.24. The van der Waals surface area contributed by atoms with Gasteiger partial charge in [-0.25, -0.2) is 8.42 Å². The highest BCUT2D eigenvalue weighted by molar-refractivity contribution is 8.15. The highest BCUT2D eigenvalue weighted by atomic mass is 35.7. The first-order valence-corrected chi connectivity index (χ1v) is 8.98. The monoisotopic (exact) mass is 345 g/mol. The zero-order valence-electron chi connectivity index (χ0n) is 11.0. The van der Waals surface area contributed by atoms with E-state index in [0.717, 1.165) is 11.3 Å². The summed E-state index contributed by atoms with van der Waals surface area (Å²) in [5.74, 6) is 0.326. The molecule has 0 atom stereocenters. The number of ether oxygens (including phenoxy) is 1. The van der Waals surface area contributed by atoms with Gasteiger partial charge in [0.15, 0.2) is 0 Å². The zero-order chi connectivity index (χ0) is 15.5. The molecule has 112 valence electrons. The molecule has 21 heavy (non-hydrogen) atoms. The van der Waals surface area contributed by atoms with Crippen LogP contribution >= 0.6 is 22.0 Å². The van der Waals surface area contributed by atoms with Crippen LogP contribution in [0.15, 0.2) is 40.6 Å². The fourth-order valence-electron chi connectivity index (χ4n) is 1.62. The Morgan fingerprint density at radius 3 is 2.71 bits per heavy atom. The molecule has 1 N–H and O–H groups in total. The van der Waals surface area contributed by atoms with Gasteiger partial charge in [-0.3, -0.25) is 4.79 Å². The van der Waals surface area contributed by atoms with Crippen LogP contribution in [-0.4, -0.2) is 21.4 Å². The van der Waals surface area contributed by atoms with Crippen LogP contribution in [0.3, 0.4) is 0 Å². The van der Waals surface area contributed by atoms with Gasteiger partial charge in [0.25, 0.3) is 15.0 Å². The largest absolute Gasteiger partial charge is 0.497 e. The lowest BCUT2D eigenvalue weighted by Gasteiger charge is -2.05. The third-order valence-corrected chi connectivity index (χ3v) is 5.81. The maximum Gasteiger partial charge on any atom is 0.270 e. The molecule has 0 aliphatic heterocycles. The molecule has 0 bridgehead atoms. The SMILES string of the molecule is COc1cccc(C(=O)NCc2ccc(S(=O)(=O)Cl)s2)c1. The summed E-state index contributed by atoms with van der Waals surface area (Å²) >= 11 is 1.03. The molecule has 2 aromatic rings. The Labute approximate surface area is 130 Å². The second-order valence-corrected chi connectivity index (χ2v) is 8.03. The first-order chi connectivity index (χ1) is 9.90. The number of hydrogen-bond acceptors (Lipinski definition) is 5. The predicted octanol–water partition coefficient (Wildman–Crippen LogP) is 2.61. The molecule has 0 radical (unpaired) electrons. The molecule has 1 aromatic carbocycles. The van der Waals surface area contributed by atoms with E-state index in [1.165, 1.54) is 13.2 Å². The lowest BCUT2D eigenvalue weighted by Crippen LogP contribution is -2.22. The number of amides is 1. The van der Waals surface area contributed by atoms with Crippen LogP contribution in [0.1, 0.15) is 15.2 Å². The highest BCUT2D eigenvalue weighted by Gasteiger charge is 2.13. The minimum absolute atomic E-state index is 0.0646. The van der Waals surface area contributed by atoms with Crippen molar-refractivity contribution in [1.82, 2.24) is 5.32 Å². The average Bonchev–Trinajstić information content (AvgIpc) is 2.94. The maximum absolute atomic E-state index is 12.0. The Hall–Kier alpha value is -1.57. The van der Waals surface area contributed by atoms with Crippen molar-refractivity contribution in [2.24, 2.45) is 0 Å². The summed E-state index contributed by atoms with van der Waals surface area (Å²) in [4.78, 5) is 12.7. The van der Waals surface area contributed by atoms with Crippen LogP contribution in [0.5, 0.6) is 5.75 Å². The predicted molar refractivity (Wildman–Crippen MR) is 81.5 cm³/mol. The molecule has 8 heteroatoms. The normalized spacial score (nSPS) is 11.1. The van der Waals surface area contributed by atoms with Gasteiger partial charge in [-0.15, -0.1) is 11.3 Å². The summed E-state index contributed by atoms with van der Waals surface area (Å²) in [6.07, 6.45) is 0. The van der Waals surface area contributed by atoms with E-state index < -0.39 is 9.05 Å². The van der Waals surface area contributed by atoms with Crippen molar-refractivity contribution in [3.05, 3.63) is 46.8 Å². The van der Waals surface area contributed by atoms with Gasteiger partial charge in [-0.05, 0) is 30.3 Å². The molecule has 0 unspecified atom stereocenters. The first-order valence-electron chi connectivity index (χ1n) is 5.86. The smallest absolute Gasteiger partial charge is 0.270 e. The van der Waals surface area contributed by atoms with E-state index in [1.54, 1.807) is 30.3 Å². The van der Waals surface area contributed by atoms with Crippen LogP contribution in [0.25, 0.3) is 0 Å². The molecule has 1 heterocycles. The first kappa shape index (κ1) is 15.8. The van der Waals surface area contributed by atoms with Crippen molar-refractivity contribution in [3.8, 4) is 5.75 Å². The van der Waals surface area contributed by atoms with Crippen LogP contribution < -0.4 is 10.1 Å². The van der Waals surface area contributed by atoms with Crippen molar-refractivity contribution in [2.75, 3.05) is 7.11 Å². The lowest BCUT2D eigenvalue weighted by molar-refractivity contribution is 0.0951. The molecule has 5 nitrogen and oxygen atoms in total. The third-order valence-electron chi connectivity index (χ3n) is 2.63. The Bertz CT molecular complexity index is 755. The molecular weight excluding hydrogens is 334 g/mol. The molecule has 2 rings (SSSR count). The summed E-state index contributed by atoms with van der Waals surface area (Å²) in [6.45, 7) is 0.229. The van der Waals surface area contributed by atoms with E-state index in [4.69, 9.17) is 15.4 Å². The van der Waals surface area contributed by atoms with Gasteiger partial charge in [0.05, 0.1) is 13.7 Å². The number of carbonyl (C=O) groups excluding carboxylic acids is 1. The maximum atomic E-state index is 12.0. The fourth-order valence-corrected chi connectivity index (χ4v) is 3.68. The van der Waals surface area contributed by atoms with Gasteiger partial charge in [0, 0.05) is 21.1 Å². The lowest BCUT2D eigenvalue weighted by atomic mass is 10.2. The molecule has 0 aliphatic rings. The fraction of sp³-hybridized carbons (Fsp3) is 0.154. The summed E-state index contributed by atoms with van der Waals surface area (Å²) in [7, 11) is 3.05. The number of rotatable bonds is 5. The van der Waals surface area contributed by atoms with E-state index >= 15 is 0 Å². The summed E-state index contributed by atoms with van der Waals surface area (Å²) in [5, 5.41) is 2.71. The van der Waals surface area contributed by atoms with Gasteiger partial charge >= 0.3 is 0 Å². The number of thiophene rings is 1. The summed E-state index contributed by atoms with van der Waals surface area (Å²) < 4.78 is 27.4. The van der Waals surface area contributed by atoms with Gasteiger partial charge in [0.2, 0.25) is 0 Å². The number of halogens is 1. The number of benzene rings is 1. The standard InChI is InChI=1S/C13H12ClNO4S2/c1-19-10-4-2-3-9(7-10)13(16)15-8-11-5-6-12(20-11)21(14,17)18/h2-7H,8H2,1H3,(H,15,16). The topological polar surface area (TPSA) is 72.5 Å². The third kappa shape index (κ3) is 4.20. The molecule has 1 aromatic heterocycles. The van der Waals surface area contributed by atoms with Crippen molar-refractivity contribution < 1.29 is 17.9 Å². The Kier molecular flexibility index (Phi) is 4.87. The summed E-state index contributed by atoms with van der Waals surface area (Å²) in [6, 6.07) is 9.79. The molecule has 0 saturated heterocycles. The quantitative estimate of drug-likeness (QED) is 0.845. The zero-order valence-corrected chi connectivity index (χ0v) is 13.4. The Morgan fingerprint density at radius 2 is 2.10 bits per heavy atom. The number of nitrogens with one attached hydrogen (secondary N) is 1. The summed E-state index contributed by atoms with van der Waals surface area (Å²) in [5.41, 5.74) is 0.469. The van der Waals surface area contributed by atoms with Crippen molar-refractivity contribution in [3.63, 3.8) is 0 Å². The van der Waals surface area contributed by atoms with E-state index in [-0.39, 0.29) is 16.7 Å². The van der Waals surface area contributed by atoms with Crippen LogP contribution in [0, 0.1) is 0 Å². The molecule has 0 fully saturated rings. The second-order valence-electron chi connectivity index (χ2n) is 4.07. The number of hydrogen-bond donors (Lipinski definition) is 1. The minimum Gasteiger partial charge on any atom is -0.497 e. The van der Waals surface area contributed by atoms with Gasteiger partial charge in [0.1, 0.15) is 9.96 Å². The molecule has 0 aliphatic carbocycles. The van der Waals surface area contributed by atoms with E-state index in [9.17, 15) is 13.2 Å².